The van der Waals surface area contributed by atoms with E-state index in [1.54, 1.807) is 0 Å². The average Bonchev–Trinajstić information content (AvgIpc) is 3.23. The molecule has 3 rings (SSSR count). The molecule has 3 unspecified atom stereocenters. The van der Waals surface area contributed by atoms with Crippen LogP contribution in [0.4, 0.5) is 0 Å². The van der Waals surface area contributed by atoms with Gasteiger partial charge in [0.25, 0.3) is 0 Å². The summed E-state index contributed by atoms with van der Waals surface area (Å²) in [6.07, 6.45) is 1.14. The molecule has 26 heavy (non-hydrogen) atoms. The van der Waals surface area contributed by atoms with Gasteiger partial charge in [0.2, 0.25) is 0 Å². The minimum Gasteiger partial charge on any atom is -0.381 e. The van der Waals surface area contributed by atoms with Crippen molar-refractivity contribution in [3.63, 3.8) is 0 Å². The lowest BCUT2D eigenvalue weighted by molar-refractivity contribution is 0.00246. The third-order valence-electron chi connectivity index (χ3n) is 5.38. The predicted octanol–water partition coefficient (Wildman–Crippen LogP) is 1.65. The van der Waals surface area contributed by atoms with Gasteiger partial charge in [-0.3, -0.25) is 9.89 Å². The van der Waals surface area contributed by atoms with E-state index in [9.17, 15) is 0 Å². The molecule has 1 aromatic carbocycles. The summed E-state index contributed by atoms with van der Waals surface area (Å²) in [5.41, 5.74) is 1.25. The Balaban J connectivity index is 1.57. The molecule has 0 aromatic heterocycles. The molecule has 2 fully saturated rings. The molecule has 1 aromatic rings. The van der Waals surface area contributed by atoms with E-state index in [4.69, 9.17) is 9.47 Å². The van der Waals surface area contributed by atoms with Crippen LogP contribution in [0, 0.1) is 5.92 Å². The third-order valence-corrected chi connectivity index (χ3v) is 5.38. The number of benzene rings is 1. The normalized spacial score (nSPS) is 24.2. The van der Waals surface area contributed by atoms with Gasteiger partial charge in [0.05, 0.1) is 25.9 Å². The molecule has 6 heteroatoms. The molecule has 6 nitrogen and oxygen atoms in total. The van der Waals surface area contributed by atoms with E-state index in [0.29, 0.717) is 12.0 Å². The van der Waals surface area contributed by atoms with Gasteiger partial charge in [-0.05, 0) is 18.9 Å². The van der Waals surface area contributed by atoms with Crippen LogP contribution in [0.2, 0.25) is 0 Å². The first-order valence-electron chi connectivity index (χ1n) is 9.69. The number of rotatable bonds is 6. The van der Waals surface area contributed by atoms with Gasteiger partial charge in [0, 0.05) is 45.2 Å². The quantitative estimate of drug-likeness (QED) is 0.597. The van der Waals surface area contributed by atoms with E-state index in [0.717, 1.165) is 58.4 Å². The molecule has 144 valence electrons. The van der Waals surface area contributed by atoms with Crippen molar-refractivity contribution < 1.29 is 9.47 Å². The summed E-state index contributed by atoms with van der Waals surface area (Å²) in [4.78, 5) is 6.96. The lowest BCUT2D eigenvalue weighted by Crippen LogP contribution is -2.53. The maximum Gasteiger partial charge on any atom is 0.191 e. The summed E-state index contributed by atoms with van der Waals surface area (Å²) < 4.78 is 11.2. The average molecular weight is 361 g/mol. The van der Waals surface area contributed by atoms with Crippen molar-refractivity contribution in [1.29, 1.82) is 0 Å². The van der Waals surface area contributed by atoms with Gasteiger partial charge in [-0.15, -0.1) is 0 Å². The predicted molar refractivity (Wildman–Crippen MR) is 104 cm³/mol. The monoisotopic (exact) mass is 360 g/mol. The van der Waals surface area contributed by atoms with Gasteiger partial charge in [-0.1, -0.05) is 30.3 Å². The van der Waals surface area contributed by atoms with Gasteiger partial charge in [0.1, 0.15) is 0 Å². The van der Waals surface area contributed by atoms with E-state index in [1.165, 1.54) is 5.56 Å². The second kappa shape index (κ2) is 9.90. The van der Waals surface area contributed by atoms with Crippen molar-refractivity contribution in [2.24, 2.45) is 10.9 Å². The largest absolute Gasteiger partial charge is 0.381 e. The zero-order valence-electron chi connectivity index (χ0n) is 16.0. The lowest BCUT2D eigenvalue weighted by atomic mass is 9.97. The first kappa shape index (κ1) is 19.1. The third kappa shape index (κ3) is 5.19. The molecule has 2 heterocycles. The Bertz CT molecular complexity index is 554. The fourth-order valence-electron chi connectivity index (χ4n) is 3.79. The van der Waals surface area contributed by atoms with Crippen molar-refractivity contribution in [2.45, 2.75) is 25.4 Å². The van der Waals surface area contributed by atoms with Crippen molar-refractivity contribution in [2.75, 3.05) is 53.1 Å². The Labute approximate surface area is 157 Å². The van der Waals surface area contributed by atoms with Crippen molar-refractivity contribution in [3.8, 4) is 0 Å². The van der Waals surface area contributed by atoms with Gasteiger partial charge in [-0.2, -0.15) is 0 Å². The second-order valence-corrected chi connectivity index (χ2v) is 7.07. The van der Waals surface area contributed by atoms with E-state index < -0.39 is 0 Å². The van der Waals surface area contributed by atoms with Gasteiger partial charge >= 0.3 is 0 Å². The number of hydrogen-bond acceptors (Lipinski definition) is 4. The summed E-state index contributed by atoms with van der Waals surface area (Å²) in [5.74, 6) is 1.42. The summed E-state index contributed by atoms with van der Waals surface area (Å²) in [7, 11) is 1.83. The Morgan fingerprint density at radius 3 is 2.62 bits per heavy atom. The zero-order valence-corrected chi connectivity index (χ0v) is 16.0. The molecule has 2 saturated heterocycles. The van der Waals surface area contributed by atoms with Crippen LogP contribution in [0.5, 0.6) is 0 Å². The van der Waals surface area contributed by atoms with Crippen LogP contribution in [0.1, 0.15) is 24.9 Å². The number of ether oxygens (including phenoxy) is 2. The summed E-state index contributed by atoms with van der Waals surface area (Å²) in [6, 6.07) is 11.1. The molecule has 2 N–H and O–H groups in total. The van der Waals surface area contributed by atoms with E-state index >= 15 is 0 Å². The Morgan fingerprint density at radius 1 is 1.19 bits per heavy atom. The number of morpholine rings is 1. The Kier molecular flexibility index (Phi) is 7.29. The maximum absolute atomic E-state index is 5.65. The number of guanidine groups is 1. The highest BCUT2D eigenvalue weighted by atomic mass is 16.5. The first-order chi connectivity index (χ1) is 12.8. The fourth-order valence-corrected chi connectivity index (χ4v) is 3.79. The Morgan fingerprint density at radius 2 is 1.96 bits per heavy atom. The summed E-state index contributed by atoms with van der Waals surface area (Å²) in [5, 5.41) is 7.04. The minimum absolute atomic E-state index is 0.207. The fraction of sp³-hybridized carbons (Fsp3) is 0.650. The molecular weight excluding hydrogens is 328 g/mol. The van der Waals surface area contributed by atoms with Gasteiger partial charge in [0.15, 0.2) is 5.96 Å². The summed E-state index contributed by atoms with van der Waals surface area (Å²) in [6.45, 7) is 8.40. The van der Waals surface area contributed by atoms with Crippen LogP contribution < -0.4 is 10.6 Å². The topological polar surface area (TPSA) is 58.1 Å². The molecule has 3 atom stereocenters. The molecule has 2 aliphatic rings. The number of nitrogens with zero attached hydrogens (tertiary/aromatic N) is 2. The highest BCUT2D eigenvalue weighted by Crippen LogP contribution is 2.22. The standard InChI is InChI=1S/C20H32N4O2/c1-16(17-6-4-3-5-7-17)23-20(21-2)22-14-19(18-8-11-26-15-18)24-9-12-25-13-10-24/h3-7,16,18-19H,8-15H2,1-2H3,(H2,21,22,23). The van der Waals surface area contributed by atoms with Crippen molar-refractivity contribution in [3.05, 3.63) is 35.9 Å². The van der Waals surface area contributed by atoms with Crippen LogP contribution >= 0.6 is 0 Å². The number of hydrogen-bond donors (Lipinski definition) is 2. The first-order valence-corrected chi connectivity index (χ1v) is 9.69. The Hall–Kier alpha value is -1.63. The van der Waals surface area contributed by atoms with Gasteiger partial charge in [-0.25, -0.2) is 0 Å². The lowest BCUT2D eigenvalue weighted by Gasteiger charge is -2.37. The number of nitrogens with one attached hydrogen (secondary N) is 2. The van der Waals surface area contributed by atoms with Crippen molar-refractivity contribution in [1.82, 2.24) is 15.5 Å². The smallest absolute Gasteiger partial charge is 0.191 e. The molecule has 2 aliphatic heterocycles. The second-order valence-electron chi connectivity index (χ2n) is 7.07. The highest BCUT2D eigenvalue weighted by molar-refractivity contribution is 5.80. The number of aliphatic imine (C=N–C) groups is 1. The molecule has 0 amide bonds. The molecule has 0 radical (unpaired) electrons. The minimum atomic E-state index is 0.207. The van der Waals surface area contributed by atoms with Crippen LogP contribution in [-0.4, -0.2) is 70.0 Å². The molecule has 0 aliphatic carbocycles. The molecule has 0 bridgehead atoms. The summed E-state index contributed by atoms with van der Waals surface area (Å²) >= 11 is 0. The van der Waals surface area contributed by atoms with E-state index in [1.807, 2.05) is 13.1 Å². The van der Waals surface area contributed by atoms with Crippen molar-refractivity contribution >= 4 is 5.96 Å². The SMILES string of the molecule is CN=C(NCC(C1CCOC1)N1CCOCC1)NC(C)c1ccccc1. The van der Waals surface area contributed by atoms with Crippen LogP contribution in [0.15, 0.2) is 35.3 Å². The molecule has 0 spiro atoms. The zero-order chi connectivity index (χ0) is 18.2. The van der Waals surface area contributed by atoms with Crippen LogP contribution in [-0.2, 0) is 9.47 Å². The highest BCUT2D eigenvalue weighted by Gasteiger charge is 2.31. The molecule has 0 saturated carbocycles. The van der Waals surface area contributed by atoms with Crippen LogP contribution in [0.3, 0.4) is 0 Å². The van der Waals surface area contributed by atoms with E-state index in [2.05, 4.69) is 51.7 Å². The van der Waals surface area contributed by atoms with Gasteiger partial charge < -0.3 is 20.1 Å². The molecular formula is C20H32N4O2. The maximum atomic E-state index is 5.65. The van der Waals surface area contributed by atoms with E-state index in [-0.39, 0.29) is 6.04 Å². The van der Waals surface area contributed by atoms with Crippen LogP contribution in [0.25, 0.3) is 0 Å².